The van der Waals surface area contributed by atoms with Crippen LogP contribution in [0.25, 0.3) is 10.9 Å². The van der Waals surface area contributed by atoms with Crippen LogP contribution in [0.3, 0.4) is 0 Å². The van der Waals surface area contributed by atoms with Gasteiger partial charge in [-0.25, -0.2) is 9.18 Å². The molecule has 9 rings (SSSR count). The summed E-state index contributed by atoms with van der Waals surface area (Å²) >= 11 is 0. The summed E-state index contributed by atoms with van der Waals surface area (Å²) in [6, 6.07) is 2.75. The topological polar surface area (TPSA) is 265 Å². The van der Waals surface area contributed by atoms with Crippen molar-refractivity contribution >= 4 is 51.7 Å². The van der Waals surface area contributed by atoms with Gasteiger partial charge >= 0.3 is 11.9 Å². The number of anilines is 1. The summed E-state index contributed by atoms with van der Waals surface area (Å²) in [5.41, 5.74) is -1.38. The maximum atomic E-state index is 15.8. The molecule has 2 aliphatic carbocycles. The number of halogens is 1. The van der Waals surface area contributed by atoms with E-state index in [1.165, 1.54) is 59.4 Å². The third kappa shape index (κ3) is 11.0. The molecule has 5 N–H and O–H groups in total. The van der Waals surface area contributed by atoms with E-state index in [1.807, 2.05) is 4.90 Å². The van der Waals surface area contributed by atoms with E-state index in [1.54, 1.807) is 50.5 Å². The normalized spacial score (nSPS) is 29.5. The molecule has 1 amide bonds. The van der Waals surface area contributed by atoms with Crippen LogP contribution in [0.15, 0.2) is 76.2 Å². The zero-order valence-corrected chi connectivity index (χ0v) is 44.5. The number of amides is 1. The molecule has 9 atom stereocenters. The van der Waals surface area contributed by atoms with E-state index < -0.39 is 117 Å². The Hall–Kier alpha value is -7.20. The number of fused-ring (bicyclic) bond motifs is 15. The predicted octanol–water partition coefficient (Wildman–Crippen LogP) is 5.48. The molecule has 412 valence electrons. The molecular weight excluding hydrogens is 1000 g/mol. The molecule has 21 heteroatoms. The summed E-state index contributed by atoms with van der Waals surface area (Å²) < 4.78 is 42.0. The van der Waals surface area contributed by atoms with Gasteiger partial charge < -0.3 is 59.0 Å². The number of methoxy groups -OCH3 is 1. The van der Waals surface area contributed by atoms with Gasteiger partial charge in [0.2, 0.25) is 11.2 Å². The number of esters is 1. The van der Waals surface area contributed by atoms with Crippen LogP contribution in [0.2, 0.25) is 0 Å². The molecule has 1 aromatic heterocycles. The number of rotatable bonds is 9. The van der Waals surface area contributed by atoms with Gasteiger partial charge in [0.15, 0.2) is 11.5 Å². The van der Waals surface area contributed by atoms with Crippen molar-refractivity contribution in [1.29, 1.82) is 0 Å². The van der Waals surface area contributed by atoms with Crippen molar-refractivity contribution in [2.75, 3.05) is 51.3 Å². The van der Waals surface area contributed by atoms with E-state index in [2.05, 4.69) is 15.4 Å². The molecule has 4 aliphatic heterocycles. The lowest BCUT2D eigenvalue weighted by atomic mass is 9.78. The number of aliphatic hydroxyl groups excluding tert-OH is 2. The van der Waals surface area contributed by atoms with Crippen LogP contribution in [0.4, 0.5) is 10.1 Å². The summed E-state index contributed by atoms with van der Waals surface area (Å²) in [6.07, 6.45) is 7.36. The Balaban J connectivity index is 1.09. The first kappa shape index (κ1) is 56.0. The van der Waals surface area contributed by atoms with Crippen molar-refractivity contribution in [3.63, 3.8) is 0 Å². The number of nitrogens with zero attached hydrogens (tertiary/aromatic N) is 4. The van der Waals surface area contributed by atoms with Gasteiger partial charge in [-0.3, -0.25) is 28.9 Å². The Morgan fingerprint density at radius 1 is 0.948 bits per heavy atom. The standard InChI is InChI=1S/C56H66FN5O15/c1-27-11-10-12-28(2)54(70)58-38-24-41(64)43-44(50(38)69)48(67)32(6)52-45(43)53(56(8,77-52)74-21-15-42(73-9)29(3)51(76-33(7)63)31(5)47(66)30(4)46(27)65)59-75-22-20-60-16-18-61(19-17-60)40-25-39-35(23-37(40)57)49(68)36(55(71)72)26-62(39)34-13-14-34/h10-12,15,21,23-27,29-31,34,42,46-47,51,65-67H,13-14,16-20,22H2,1-9H3,(H,58,70)(H,71,72)/b11-10+,21-15+,28-12-,59-53-/t27-,29+,30+,31+,42-,46-,47+,51+,56-/m0/s1. The number of phenols is 1. The SMILES string of the molecule is CO[C@H]1/C=C/O[C@@]2(C)Oc3c(C)c(O)c4c(c3/C2=N/OCCN2CCN(c3cc5c(cc3F)c(=O)c(C(=O)O)cn5C3CC3)CC2)C(=O)C=C(NC(=O)/C(C)=C\C=C\[C@H](C)[C@H](O)[C@@H](C)[C@@H](O)[C@@H](C)[C@H](OC(C)=O)[C@@H]1C)C4=O. The van der Waals surface area contributed by atoms with Crippen LogP contribution < -0.4 is 20.4 Å². The minimum absolute atomic E-state index is 0.000940. The summed E-state index contributed by atoms with van der Waals surface area (Å²) in [4.78, 5) is 89.5. The first-order valence-corrected chi connectivity index (χ1v) is 25.7. The van der Waals surface area contributed by atoms with Gasteiger partial charge in [0.05, 0.1) is 58.2 Å². The lowest BCUT2D eigenvalue weighted by molar-refractivity contribution is -0.160. The largest absolute Gasteiger partial charge is 0.507 e. The highest BCUT2D eigenvalue weighted by Crippen LogP contribution is 2.48. The maximum absolute atomic E-state index is 15.8. The van der Waals surface area contributed by atoms with E-state index in [4.69, 9.17) is 23.8 Å². The Morgan fingerprint density at radius 3 is 2.30 bits per heavy atom. The number of benzene rings is 2. The number of ether oxygens (including phenoxy) is 4. The minimum atomic E-state index is -1.91. The zero-order chi connectivity index (χ0) is 55.9. The molecule has 5 heterocycles. The summed E-state index contributed by atoms with van der Waals surface area (Å²) in [6.45, 7) is 14.6. The smallest absolute Gasteiger partial charge is 0.341 e. The molecule has 5 bridgehead atoms. The van der Waals surface area contributed by atoms with Crippen LogP contribution in [-0.2, 0) is 28.6 Å². The monoisotopic (exact) mass is 1070 g/mol. The number of pyridine rings is 1. The Morgan fingerprint density at radius 2 is 1.65 bits per heavy atom. The molecule has 0 unspecified atom stereocenters. The fourth-order valence-electron chi connectivity index (χ4n) is 10.7. The van der Waals surface area contributed by atoms with E-state index in [9.17, 15) is 49.2 Å². The number of phenolic OH excluding ortho intramolecular Hbond substituents is 1. The summed E-state index contributed by atoms with van der Waals surface area (Å²) in [7, 11) is 1.44. The quantitative estimate of drug-likeness (QED) is 0.101. The third-order valence-electron chi connectivity index (χ3n) is 15.5. The second kappa shape index (κ2) is 22.4. The number of hydrogen-bond donors (Lipinski definition) is 5. The molecule has 6 aliphatic rings. The van der Waals surface area contributed by atoms with Gasteiger partial charge in [-0.2, -0.15) is 0 Å². The van der Waals surface area contributed by atoms with Gasteiger partial charge in [0.1, 0.15) is 35.6 Å². The van der Waals surface area contributed by atoms with Crippen LogP contribution in [0.1, 0.15) is 110 Å². The zero-order valence-electron chi connectivity index (χ0n) is 44.5. The summed E-state index contributed by atoms with van der Waals surface area (Å²) in [5.74, 6) is -10.1. The number of Topliss-reactive ketones (excluding diaryl/α,β-unsaturated/α-hetero) is 1. The van der Waals surface area contributed by atoms with Crippen LogP contribution >= 0.6 is 0 Å². The van der Waals surface area contributed by atoms with Crippen molar-refractivity contribution in [2.45, 2.75) is 104 Å². The van der Waals surface area contributed by atoms with Crippen molar-refractivity contribution in [2.24, 2.45) is 28.8 Å². The first-order valence-electron chi connectivity index (χ1n) is 25.7. The fraction of sp³-hybridized carbons (Fsp3) is 0.482. The van der Waals surface area contributed by atoms with Crippen molar-refractivity contribution in [3.8, 4) is 11.5 Å². The molecule has 3 aromatic rings. The molecule has 0 radical (unpaired) electrons. The first-order chi connectivity index (χ1) is 36.5. The predicted molar refractivity (Wildman–Crippen MR) is 279 cm³/mol. The number of carboxylic acids is 1. The van der Waals surface area contributed by atoms with Crippen LogP contribution in [-0.4, -0.2) is 142 Å². The number of carboxylic acid groups (broad SMARTS) is 1. The second-order valence-electron chi connectivity index (χ2n) is 20.8. The van der Waals surface area contributed by atoms with Crippen molar-refractivity contribution < 1.29 is 72.6 Å². The van der Waals surface area contributed by atoms with Gasteiger partial charge in [-0.05, 0) is 44.9 Å². The molecule has 1 saturated heterocycles. The number of aromatic nitrogens is 1. The van der Waals surface area contributed by atoms with Crippen LogP contribution in [0, 0.1) is 36.4 Å². The minimum Gasteiger partial charge on any atom is -0.507 e. The van der Waals surface area contributed by atoms with Crippen molar-refractivity contribution in [1.82, 2.24) is 14.8 Å². The molecule has 77 heavy (non-hydrogen) atoms. The number of aromatic carboxylic acids is 1. The van der Waals surface area contributed by atoms with Gasteiger partial charge in [-0.1, -0.05) is 51.1 Å². The lowest BCUT2D eigenvalue weighted by Gasteiger charge is -2.38. The number of carbonyl (C=O) groups is 5. The van der Waals surface area contributed by atoms with Gasteiger partial charge in [-0.15, -0.1) is 0 Å². The highest BCUT2D eigenvalue weighted by atomic mass is 19.1. The number of aromatic hydroxyl groups is 1. The average Bonchev–Trinajstić information content (AvgIpc) is 4.23. The maximum Gasteiger partial charge on any atom is 0.341 e. The molecule has 2 aromatic carbocycles. The van der Waals surface area contributed by atoms with E-state index in [0.717, 1.165) is 25.0 Å². The average molecular weight is 1070 g/mol. The van der Waals surface area contributed by atoms with Gasteiger partial charge in [0, 0.05) is 112 Å². The highest BCUT2D eigenvalue weighted by Gasteiger charge is 2.51. The highest BCUT2D eigenvalue weighted by molar-refractivity contribution is 6.31. The number of allylic oxidation sites excluding steroid dienone is 4. The number of nitrogens with one attached hydrogen (secondary N) is 1. The van der Waals surface area contributed by atoms with E-state index in [0.29, 0.717) is 38.2 Å². The third-order valence-corrected chi connectivity index (χ3v) is 15.5. The molecule has 1 saturated carbocycles. The number of ketones is 2. The Kier molecular flexibility index (Phi) is 16.3. The number of oxime groups is 1. The fourth-order valence-corrected chi connectivity index (χ4v) is 10.7. The lowest BCUT2D eigenvalue weighted by Crippen LogP contribution is -2.47. The Bertz CT molecular complexity index is 3110. The molecule has 0 spiro atoms. The Labute approximate surface area is 444 Å². The summed E-state index contributed by atoms with van der Waals surface area (Å²) in [5, 5.41) is 51.4. The number of hydrogen-bond acceptors (Lipinski definition) is 17. The number of carbonyl (C=O) groups excluding carboxylic acids is 4. The van der Waals surface area contributed by atoms with E-state index in [-0.39, 0.29) is 57.4 Å². The number of piperazine rings is 1. The number of aliphatic hydroxyl groups is 2. The van der Waals surface area contributed by atoms with Crippen molar-refractivity contribution in [3.05, 3.63) is 110 Å². The molecule has 2 fully saturated rings. The van der Waals surface area contributed by atoms with Gasteiger partial charge in [0.25, 0.3) is 11.7 Å². The van der Waals surface area contributed by atoms with E-state index >= 15 is 4.39 Å². The molecular formula is C56H66FN5O15. The second-order valence-corrected chi connectivity index (χ2v) is 20.8. The van der Waals surface area contributed by atoms with Crippen LogP contribution in [0.5, 0.6) is 11.5 Å². The molecule has 20 nitrogen and oxygen atoms in total.